The van der Waals surface area contributed by atoms with Gasteiger partial charge in [-0.3, -0.25) is 4.55 Å². The summed E-state index contributed by atoms with van der Waals surface area (Å²) in [5, 5.41) is 0.341. The average Bonchev–Trinajstić information content (AvgIpc) is 2.35. The highest BCUT2D eigenvalue weighted by molar-refractivity contribution is 7.86. The second kappa shape index (κ2) is 8.23. The molecule has 114 valence electrons. The molecule has 0 aliphatic carbocycles. The summed E-state index contributed by atoms with van der Waals surface area (Å²) in [7, 11) is -4.34. The van der Waals surface area contributed by atoms with Crippen molar-refractivity contribution in [3.05, 3.63) is 27.7 Å². The van der Waals surface area contributed by atoms with Gasteiger partial charge in [0.25, 0.3) is 10.1 Å². The Balaban J connectivity index is 2.69. The highest BCUT2D eigenvalue weighted by atomic mass is 35.5. The van der Waals surface area contributed by atoms with Crippen LogP contribution in [0.4, 0.5) is 0 Å². The fourth-order valence-electron chi connectivity index (χ4n) is 2.08. The molecule has 6 heteroatoms. The molecule has 0 spiro atoms. The molecule has 1 rings (SSSR count). The van der Waals surface area contributed by atoms with Crippen molar-refractivity contribution in [2.75, 3.05) is 0 Å². The first kappa shape index (κ1) is 17.8. The van der Waals surface area contributed by atoms with Crippen LogP contribution in [-0.4, -0.2) is 13.0 Å². The second-order valence-electron chi connectivity index (χ2n) is 4.87. The third-order valence-electron chi connectivity index (χ3n) is 3.16. The predicted molar refractivity (Wildman–Crippen MR) is 83.4 cm³/mol. The quantitative estimate of drug-likeness (QED) is 0.527. The molecule has 0 saturated carbocycles. The van der Waals surface area contributed by atoms with E-state index in [0.29, 0.717) is 12.0 Å². The monoisotopic (exact) mass is 338 g/mol. The highest BCUT2D eigenvalue weighted by Gasteiger charge is 2.18. The molecule has 0 aromatic heterocycles. The molecule has 0 unspecified atom stereocenters. The highest BCUT2D eigenvalue weighted by Crippen LogP contribution is 2.30. The summed E-state index contributed by atoms with van der Waals surface area (Å²) in [5.74, 6) is 0. The SMILES string of the molecule is CCCCCCCCc1cc(Cl)cc(S(=O)(=O)O)c1Cl. The second-order valence-corrected chi connectivity index (χ2v) is 7.07. The van der Waals surface area contributed by atoms with Crippen LogP contribution in [0.15, 0.2) is 17.0 Å². The number of hydrogen-bond acceptors (Lipinski definition) is 2. The maximum Gasteiger partial charge on any atom is 0.296 e. The van der Waals surface area contributed by atoms with Gasteiger partial charge in [-0.25, -0.2) is 0 Å². The Morgan fingerprint density at radius 1 is 1.05 bits per heavy atom. The van der Waals surface area contributed by atoms with Gasteiger partial charge in [0.1, 0.15) is 4.90 Å². The zero-order valence-electron chi connectivity index (χ0n) is 11.5. The molecule has 3 nitrogen and oxygen atoms in total. The number of rotatable bonds is 8. The van der Waals surface area contributed by atoms with Gasteiger partial charge in [0.2, 0.25) is 0 Å². The number of aryl methyl sites for hydroxylation is 1. The normalized spacial score (nSPS) is 11.8. The van der Waals surface area contributed by atoms with Gasteiger partial charge in [-0.2, -0.15) is 8.42 Å². The van der Waals surface area contributed by atoms with Gasteiger partial charge in [0.15, 0.2) is 0 Å². The van der Waals surface area contributed by atoms with Crippen LogP contribution in [0.5, 0.6) is 0 Å². The van der Waals surface area contributed by atoms with E-state index in [1.165, 1.54) is 25.3 Å². The Hall–Kier alpha value is -0.290. The van der Waals surface area contributed by atoms with Gasteiger partial charge in [0, 0.05) is 5.02 Å². The fourth-order valence-corrected chi connectivity index (χ4v) is 3.52. The summed E-state index contributed by atoms with van der Waals surface area (Å²) in [6.45, 7) is 2.17. The van der Waals surface area contributed by atoms with Crippen molar-refractivity contribution in [3.63, 3.8) is 0 Å². The maximum atomic E-state index is 11.2. The topological polar surface area (TPSA) is 54.4 Å². The molecule has 0 aliphatic heterocycles. The Bertz CT molecular complexity index is 542. The molecule has 0 aliphatic rings. The summed E-state index contributed by atoms with van der Waals surface area (Å²) in [6.07, 6.45) is 7.49. The first-order valence-corrected chi connectivity index (χ1v) is 9.01. The molecule has 0 fully saturated rings. The smallest absolute Gasteiger partial charge is 0.282 e. The molecular weight excluding hydrogens is 319 g/mol. The van der Waals surface area contributed by atoms with E-state index < -0.39 is 10.1 Å². The third kappa shape index (κ3) is 5.60. The number of benzene rings is 1. The van der Waals surface area contributed by atoms with Crippen LogP contribution in [0, 0.1) is 0 Å². The van der Waals surface area contributed by atoms with Crippen molar-refractivity contribution >= 4 is 33.3 Å². The number of hydrogen-bond donors (Lipinski definition) is 1. The lowest BCUT2D eigenvalue weighted by Gasteiger charge is -2.09. The zero-order chi connectivity index (χ0) is 15.2. The minimum Gasteiger partial charge on any atom is -0.282 e. The van der Waals surface area contributed by atoms with Crippen molar-refractivity contribution < 1.29 is 13.0 Å². The molecular formula is C14H20Cl2O3S. The van der Waals surface area contributed by atoms with Gasteiger partial charge in [-0.05, 0) is 30.5 Å². The van der Waals surface area contributed by atoms with E-state index >= 15 is 0 Å². The summed E-state index contributed by atoms with van der Waals surface area (Å²) >= 11 is 11.9. The van der Waals surface area contributed by atoms with Crippen molar-refractivity contribution in [1.29, 1.82) is 0 Å². The van der Waals surface area contributed by atoms with Crippen LogP contribution < -0.4 is 0 Å². The molecule has 0 bridgehead atoms. The van der Waals surface area contributed by atoms with E-state index in [9.17, 15) is 8.42 Å². The summed E-state index contributed by atoms with van der Waals surface area (Å²) in [5.41, 5.74) is 0.669. The van der Waals surface area contributed by atoms with E-state index in [1.54, 1.807) is 6.07 Å². The Kier molecular flexibility index (Phi) is 7.30. The van der Waals surface area contributed by atoms with Crippen LogP contribution in [0.25, 0.3) is 0 Å². The van der Waals surface area contributed by atoms with E-state index in [0.717, 1.165) is 19.3 Å². The van der Waals surface area contributed by atoms with E-state index in [-0.39, 0.29) is 14.9 Å². The van der Waals surface area contributed by atoms with E-state index in [2.05, 4.69) is 6.92 Å². The fraction of sp³-hybridized carbons (Fsp3) is 0.571. The number of halogens is 2. The molecule has 1 aromatic carbocycles. The van der Waals surface area contributed by atoms with Crippen LogP contribution in [0.1, 0.15) is 51.0 Å². The molecule has 0 atom stereocenters. The van der Waals surface area contributed by atoms with Crippen molar-refractivity contribution in [1.82, 2.24) is 0 Å². The van der Waals surface area contributed by atoms with Gasteiger partial charge in [-0.1, -0.05) is 62.2 Å². The van der Waals surface area contributed by atoms with Gasteiger partial charge < -0.3 is 0 Å². The maximum absolute atomic E-state index is 11.2. The lowest BCUT2D eigenvalue weighted by molar-refractivity contribution is 0.483. The Morgan fingerprint density at radius 3 is 2.25 bits per heavy atom. The van der Waals surface area contributed by atoms with E-state index in [4.69, 9.17) is 27.8 Å². The summed E-state index contributed by atoms with van der Waals surface area (Å²) in [4.78, 5) is -0.312. The zero-order valence-corrected chi connectivity index (χ0v) is 13.9. The first-order chi connectivity index (χ1) is 9.36. The summed E-state index contributed by atoms with van der Waals surface area (Å²) in [6, 6.07) is 2.83. The van der Waals surface area contributed by atoms with Gasteiger partial charge in [0.05, 0.1) is 5.02 Å². The minimum atomic E-state index is -4.34. The molecule has 0 saturated heterocycles. The third-order valence-corrected chi connectivity index (χ3v) is 4.81. The minimum absolute atomic E-state index is 0.0745. The summed E-state index contributed by atoms with van der Waals surface area (Å²) < 4.78 is 31.6. The molecule has 1 aromatic rings. The lowest BCUT2D eigenvalue weighted by Crippen LogP contribution is -2.01. The van der Waals surface area contributed by atoms with Gasteiger partial charge >= 0.3 is 0 Å². The predicted octanol–water partition coefficient (Wildman–Crippen LogP) is 5.14. The molecule has 0 amide bonds. The van der Waals surface area contributed by atoms with Gasteiger partial charge in [-0.15, -0.1) is 0 Å². The average molecular weight is 339 g/mol. The molecule has 0 radical (unpaired) electrons. The van der Waals surface area contributed by atoms with Crippen LogP contribution in [-0.2, 0) is 16.5 Å². The van der Waals surface area contributed by atoms with Crippen LogP contribution in [0.2, 0.25) is 10.0 Å². The van der Waals surface area contributed by atoms with Crippen molar-refractivity contribution in [3.8, 4) is 0 Å². The molecule has 0 heterocycles. The lowest BCUT2D eigenvalue weighted by atomic mass is 10.0. The van der Waals surface area contributed by atoms with Crippen molar-refractivity contribution in [2.45, 2.75) is 56.8 Å². The van der Waals surface area contributed by atoms with E-state index in [1.807, 2.05) is 0 Å². The van der Waals surface area contributed by atoms with Crippen LogP contribution >= 0.6 is 23.2 Å². The first-order valence-electron chi connectivity index (χ1n) is 6.81. The van der Waals surface area contributed by atoms with Crippen LogP contribution in [0.3, 0.4) is 0 Å². The number of unbranched alkanes of at least 4 members (excludes halogenated alkanes) is 5. The van der Waals surface area contributed by atoms with Crippen molar-refractivity contribution in [2.24, 2.45) is 0 Å². The molecule has 1 N–H and O–H groups in total. The largest absolute Gasteiger partial charge is 0.296 e. The Morgan fingerprint density at radius 2 is 1.65 bits per heavy atom. The standard InChI is InChI=1S/C14H20Cl2O3S/c1-2-3-4-5-6-7-8-11-9-12(15)10-13(14(11)16)20(17,18)19/h9-10H,2-8H2,1H3,(H,17,18,19). The molecule has 20 heavy (non-hydrogen) atoms. The Labute approximate surface area is 131 Å².